The summed E-state index contributed by atoms with van der Waals surface area (Å²) in [6.45, 7) is 4.43. The molecule has 0 aliphatic heterocycles. The first kappa shape index (κ1) is 13.9. The fraction of sp³-hybridized carbons (Fsp3) is 1.00. The minimum Gasteiger partial charge on any atom is -0.395 e. The molecule has 0 bridgehead atoms. The molecule has 6 heteroatoms. The van der Waals surface area contributed by atoms with Crippen molar-refractivity contribution >= 4 is 10.2 Å². The van der Waals surface area contributed by atoms with Crippen LogP contribution >= 0.6 is 0 Å². The molecule has 0 radical (unpaired) electrons. The van der Waals surface area contributed by atoms with Gasteiger partial charge in [-0.25, -0.2) is 4.72 Å². The lowest BCUT2D eigenvalue weighted by Crippen LogP contribution is -2.50. The van der Waals surface area contributed by atoms with E-state index in [0.717, 1.165) is 19.3 Å². The van der Waals surface area contributed by atoms with Gasteiger partial charge in [-0.1, -0.05) is 20.3 Å². The molecule has 2 N–H and O–H groups in total. The van der Waals surface area contributed by atoms with Gasteiger partial charge in [-0.3, -0.25) is 0 Å². The highest BCUT2D eigenvalue weighted by Gasteiger charge is 2.33. The molecule has 1 rings (SSSR count). The van der Waals surface area contributed by atoms with E-state index in [4.69, 9.17) is 5.11 Å². The molecule has 16 heavy (non-hydrogen) atoms. The first-order chi connectivity index (χ1) is 7.47. The van der Waals surface area contributed by atoms with E-state index in [-0.39, 0.29) is 25.1 Å². The zero-order chi connectivity index (χ0) is 12.2. The topological polar surface area (TPSA) is 69.6 Å². The lowest BCUT2D eigenvalue weighted by Gasteiger charge is -2.36. The monoisotopic (exact) mass is 250 g/mol. The largest absolute Gasteiger partial charge is 0.395 e. The third kappa shape index (κ3) is 3.69. The maximum atomic E-state index is 12.0. The molecule has 0 amide bonds. The van der Waals surface area contributed by atoms with Gasteiger partial charge in [0, 0.05) is 19.1 Å². The van der Waals surface area contributed by atoms with Gasteiger partial charge in [-0.15, -0.1) is 0 Å². The average molecular weight is 250 g/mol. The molecule has 0 heterocycles. The van der Waals surface area contributed by atoms with Crippen LogP contribution < -0.4 is 4.72 Å². The summed E-state index contributed by atoms with van der Waals surface area (Å²) in [6.07, 6.45) is 2.89. The summed E-state index contributed by atoms with van der Waals surface area (Å²) in [5.41, 5.74) is 0. The Morgan fingerprint density at radius 3 is 2.44 bits per heavy atom. The fourth-order valence-electron chi connectivity index (χ4n) is 1.63. The Hall–Kier alpha value is -0.170. The molecule has 5 nitrogen and oxygen atoms in total. The van der Waals surface area contributed by atoms with Crippen LogP contribution in [0.2, 0.25) is 0 Å². The van der Waals surface area contributed by atoms with Crippen LogP contribution in [0.15, 0.2) is 0 Å². The minimum absolute atomic E-state index is 0.0804. The second-order valence-corrected chi connectivity index (χ2v) is 6.37. The van der Waals surface area contributed by atoms with Crippen LogP contribution in [-0.2, 0) is 10.2 Å². The van der Waals surface area contributed by atoms with Crippen molar-refractivity contribution in [3.05, 3.63) is 0 Å². The normalized spacial score (nSPS) is 18.1. The summed E-state index contributed by atoms with van der Waals surface area (Å²) in [5, 5.41) is 8.91. The maximum absolute atomic E-state index is 12.0. The van der Waals surface area contributed by atoms with Crippen molar-refractivity contribution in [2.45, 2.75) is 39.2 Å². The van der Waals surface area contributed by atoms with Crippen LogP contribution in [0.25, 0.3) is 0 Å². The van der Waals surface area contributed by atoms with Crippen LogP contribution in [0.5, 0.6) is 0 Å². The van der Waals surface area contributed by atoms with Crippen molar-refractivity contribution in [1.29, 1.82) is 0 Å². The molecule has 0 spiro atoms. The zero-order valence-corrected chi connectivity index (χ0v) is 10.8. The third-order valence-electron chi connectivity index (χ3n) is 2.79. The van der Waals surface area contributed by atoms with Crippen LogP contribution in [-0.4, -0.2) is 43.6 Å². The number of aliphatic hydroxyl groups excluding tert-OH is 1. The molecule has 96 valence electrons. The zero-order valence-electron chi connectivity index (χ0n) is 10.0. The third-order valence-corrected chi connectivity index (χ3v) is 4.41. The van der Waals surface area contributed by atoms with Crippen molar-refractivity contribution in [1.82, 2.24) is 9.03 Å². The van der Waals surface area contributed by atoms with E-state index in [9.17, 15) is 8.42 Å². The van der Waals surface area contributed by atoms with E-state index in [1.165, 1.54) is 4.31 Å². The minimum atomic E-state index is -3.42. The van der Waals surface area contributed by atoms with Gasteiger partial charge in [-0.2, -0.15) is 12.7 Å². The highest BCUT2D eigenvalue weighted by molar-refractivity contribution is 7.87. The second kappa shape index (κ2) is 5.95. The predicted octanol–water partition coefficient (Wildman–Crippen LogP) is 0.324. The summed E-state index contributed by atoms with van der Waals surface area (Å²) in [4.78, 5) is 0. The van der Waals surface area contributed by atoms with E-state index < -0.39 is 10.2 Å². The van der Waals surface area contributed by atoms with E-state index in [1.807, 2.05) is 13.8 Å². The fourth-order valence-corrected chi connectivity index (χ4v) is 3.26. The molecule has 1 fully saturated rings. The number of aliphatic hydroxyl groups is 1. The van der Waals surface area contributed by atoms with Crippen molar-refractivity contribution in [3.8, 4) is 0 Å². The molecule has 0 aromatic carbocycles. The average Bonchev–Trinajstić information content (AvgIpc) is 2.11. The molecular weight excluding hydrogens is 228 g/mol. The molecule has 0 atom stereocenters. The van der Waals surface area contributed by atoms with Gasteiger partial charge in [0.2, 0.25) is 0 Å². The Labute approximate surface area is 98.0 Å². The van der Waals surface area contributed by atoms with Gasteiger partial charge < -0.3 is 5.11 Å². The Morgan fingerprint density at radius 1 is 1.44 bits per heavy atom. The molecule has 0 aromatic heterocycles. The van der Waals surface area contributed by atoms with E-state index >= 15 is 0 Å². The van der Waals surface area contributed by atoms with E-state index in [1.54, 1.807) is 0 Å². The van der Waals surface area contributed by atoms with Crippen molar-refractivity contribution in [3.63, 3.8) is 0 Å². The van der Waals surface area contributed by atoms with E-state index in [0.29, 0.717) is 6.54 Å². The molecule has 0 saturated heterocycles. The summed E-state index contributed by atoms with van der Waals surface area (Å²) in [6, 6.07) is 0.0804. The van der Waals surface area contributed by atoms with Gasteiger partial charge in [-0.05, 0) is 18.8 Å². The number of rotatable bonds is 7. The van der Waals surface area contributed by atoms with E-state index in [2.05, 4.69) is 4.72 Å². The van der Waals surface area contributed by atoms with Gasteiger partial charge in [0.1, 0.15) is 0 Å². The second-order valence-electron chi connectivity index (χ2n) is 4.67. The van der Waals surface area contributed by atoms with Crippen LogP contribution in [0, 0.1) is 5.92 Å². The number of hydrogen-bond acceptors (Lipinski definition) is 3. The quantitative estimate of drug-likeness (QED) is 0.684. The lowest BCUT2D eigenvalue weighted by atomic mass is 9.93. The Kier molecular flexibility index (Phi) is 5.17. The standard InChI is InChI=1S/C10H22N2O3S/c1-9(2)8-11-16(14,15)12(6-7-13)10-4-3-5-10/h9-11,13H,3-8H2,1-2H3. The number of nitrogens with zero attached hydrogens (tertiary/aromatic N) is 1. The van der Waals surface area contributed by atoms with Crippen LogP contribution in [0.3, 0.4) is 0 Å². The van der Waals surface area contributed by atoms with Gasteiger partial charge in [0.05, 0.1) is 6.61 Å². The molecule has 1 aliphatic carbocycles. The SMILES string of the molecule is CC(C)CNS(=O)(=O)N(CCO)C1CCC1. The number of hydrogen-bond donors (Lipinski definition) is 2. The smallest absolute Gasteiger partial charge is 0.279 e. The van der Waals surface area contributed by atoms with Gasteiger partial charge >= 0.3 is 0 Å². The van der Waals surface area contributed by atoms with Gasteiger partial charge in [0.25, 0.3) is 10.2 Å². The Bertz CT molecular complexity index is 299. The summed E-state index contributed by atoms with van der Waals surface area (Å²) >= 11 is 0. The van der Waals surface area contributed by atoms with Crippen LogP contribution in [0.4, 0.5) is 0 Å². The maximum Gasteiger partial charge on any atom is 0.279 e. The first-order valence-corrected chi connectivity index (χ1v) is 7.28. The van der Waals surface area contributed by atoms with Crippen molar-refractivity contribution in [2.24, 2.45) is 5.92 Å². The molecule has 0 aromatic rings. The Morgan fingerprint density at radius 2 is 2.06 bits per heavy atom. The predicted molar refractivity (Wildman–Crippen MR) is 63.2 cm³/mol. The summed E-state index contributed by atoms with van der Waals surface area (Å²) in [5.74, 6) is 0.284. The summed E-state index contributed by atoms with van der Waals surface area (Å²) < 4.78 is 27.9. The highest BCUT2D eigenvalue weighted by atomic mass is 32.2. The van der Waals surface area contributed by atoms with Crippen LogP contribution in [0.1, 0.15) is 33.1 Å². The highest BCUT2D eigenvalue weighted by Crippen LogP contribution is 2.26. The van der Waals surface area contributed by atoms with Crippen molar-refractivity contribution in [2.75, 3.05) is 19.7 Å². The van der Waals surface area contributed by atoms with Crippen molar-refractivity contribution < 1.29 is 13.5 Å². The summed E-state index contributed by atoms with van der Waals surface area (Å²) in [7, 11) is -3.42. The van der Waals surface area contributed by atoms with Gasteiger partial charge in [0.15, 0.2) is 0 Å². The molecule has 1 saturated carbocycles. The lowest BCUT2D eigenvalue weighted by molar-refractivity contribution is 0.176. The molecular formula is C10H22N2O3S. The first-order valence-electron chi connectivity index (χ1n) is 5.84. The number of nitrogens with one attached hydrogen (secondary N) is 1. The molecule has 1 aliphatic rings. The Balaban J connectivity index is 2.60. The molecule has 0 unspecified atom stereocenters.